The van der Waals surface area contributed by atoms with Crippen LogP contribution in [0.2, 0.25) is 0 Å². The fourth-order valence-corrected chi connectivity index (χ4v) is 2.86. The van der Waals surface area contributed by atoms with Gasteiger partial charge in [-0.1, -0.05) is 5.16 Å². The van der Waals surface area contributed by atoms with Gasteiger partial charge >= 0.3 is 0 Å². The molecule has 6 nitrogen and oxygen atoms in total. The molecule has 0 radical (unpaired) electrons. The molecule has 1 heterocycles. The topological polar surface area (TPSA) is 92.4 Å². The summed E-state index contributed by atoms with van der Waals surface area (Å²) in [5.74, 6) is 0.283. The predicted octanol–water partition coefficient (Wildman–Crippen LogP) is 0.952. The Bertz CT molecular complexity index is 511. The van der Waals surface area contributed by atoms with Gasteiger partial charge in [0.25, 0.3) is 0 Å². The van der Waals surface area contributed by atoms with Gasteiger partial charge in [0.05, 0.1) is 11.1 Å². The second kappa shape index (κ2) is 4.64. The van der Waals surface area contributed by atoms with Gasteiger partial charge < -0.3 is 9.63 Å². The third kappa shape index (κ3) is 3.79. The van der Waals surface area contributed by atoms with Crippen molar-refractivity contribution in [2.75, 3.05) is 0 Å². The first-order valence-corrected chi connectivity index (χ1v) is 7.24. The van der Waals surface area contributed by atoms with Crippen molar-refractivity contribution in [1.29, 1.82) is 0 Å². The van der Waals surface area contributed by atoms with Gasteiger partial charge in [0.1, 0.15) is 17.2 Å². The van der Waals surface area contributed by atoms with Crippen molar-refractivity contribution in [3.63, 3.8) is 0 Å². The molecular weight excluding hydrogens is 256 g/mol. The van der Waals surface area contributed by atoms with Crippen LogP contribution in [-0.2, 0) is 15.8 Å². The number of sulfonamides is 1. The second-order valence-electron chi connectivity index (χ2n) is 5.47. The highest BCUT2D eigenvalue weighted by molar-refractivity contribution is 7.88. The Morgan fingerprint density at radius 2 is 1.94 bits per heavy atom. The van der Waals surface area contributed by atoms with Crippen LogP contribution in [0, 0.1) is 6.92 Å². The van der Waals surface area contributed by atoms with Crippen molar-refractivity contribution < 1.29 is 18.0 Å². The lowest BCUT2D eigenvalue weighted by Gasteiger charge is -2.37. The Balaban J connectivity index is 2.83. The molecule has 2 N–H and O–H groups in total. The highest BCUT2D eigenvalue weighted by atomic mass is 32.2. The molecule has 0 fully saturated rings. The minimum Gasteiger partial charge on any atom is -0.389 e. The Hall–Kier alpha value is -0.920. The highest BCUT2D eigenvalue weighted by Crippen LogP contribution is 2.22. The molecule has 0 saturated carbocycles. The molecule has 1 rings (SSSR count). The number of aryl methyl sites for hydroxylation is 1. The fraction of sp³-hybridized carbons (Fsp3) is 0.727. The fourth-order valence-electron chi connectivity index (χ4n) is 1.23. The molecule has 0 aromatic carbocycles. The zero-order chi connectivity index (χ0) is 14.2. The van der Waals surface area contributed by atoms with Gasteiger partial charge in [-0.25, -0.2) is 13.1 Å². The average Bonchev–Trinajstić information content (AvgIpc) is 2.45. The molecular formula is C11H20N2O4S. The van der Waals surface area contributed by atoms with Gasteiger partial charge in [-0.15, -0.1) is 0 Å². The first-order valence-electron chi connectivity index (χ1n) is 5.59. The van der Waals surface area contributed by atoms with Crippen molar-refractivity contribution >= 4 is 10.0 Å². The lowest BCUT2D eigenvalue weighted by molar-refractivity contribution is 0.00636. The number of hydrogen-bond donors (Lipinski definition) is 2. The van der Waals surface area contributed by atoms with Crippen molar-refractivity contribution in [3.05, 3.63) is 17.5 Å². The van der Waals surface area contributed by atoms with Crippen LogP contribution in [0.1, 0.15) is 39.1 Å². The molecule has 0 saturated heterocycles. The number of nitrogens with one attached hydrogen (secondary N) is 1. The maximum Gasteiger partial charge on any atom is 0.218 e. The average molecular weight is 276 g/mol. The van der Waals surface area contributed by atoms with Gasteiger partial charge in [-0.2, -0.15) is 0 Å². The third-order valence-corrected chi connectivity index (χ3v) is 4.45. The molecule has 18 heavy (non-hydrogen) atoms. The number of aromatic nitrogens is 1. The van der Waals surface area contributed by atoms with E-state index in [1.54, 1.807) is 40.7 Å². The molecule has 7 heteroatoms. The van der Waals surface area contributed by atoms with Crippen molar-refractivity contribution in [2.24, 2.45) is 0 Å². The lowest BCUT2D eigenvalue weighted by atomic mass is 9.87. The largest absolute Gasteiger partial charge is 0.389 e. The molecule has 1 aromatic rings. The summed E-state index contributed by atoms with van der Waals surface area (Å²) in [5, 5.41) is 13.6. The summed E-state index contributed by atoms with van der Waals surface area (Å²) in [7, 11) is -3.59. The zero-order valence-electron chi connectivity index (χ0n) is 11.3. The Morgan fingerprint density at radius 3 is 2.33 bits per heavy atom. The smallest absolute Gasteiger partial charge is 0.218 e. The van der Waals surface area contributed by atoms with Crippen LogP contribution in [0.25, 0.3) is 0 Å². The van der Waals surface area contributed by atoms with Crippen LogP contribution in [0.3, 0.4) is 0 Å². The number of hydrogen-bond acceptors (Lipinski definition) is 5. The Labute approximate surface area is 107 Å². The summed E-state index contributed by atoms with van der Waals surface area (Å²) in [6, 6.07) is 1.57. The molecule has 104 valence electrons. The van der Waals surface area contributed by atoms with Gasteiger partial charge in [-0.3, -0.25) is 0 Å². The van der Waals surface area contributed by atoms with Gasteiger partial charge in [-0.05, 0) is 34.6 Å². The minimum atomic E-state index is -3.59. The number of aliphatic hydroxyl groups is 1. The lowest BCUT2D eigenvalue weighted by Crippen LogP contribution is -2.57. The van der Waals surface area contributed by atoms with E-state index in [2.05, 4.69) is 9.88 Å². The molecule has 0 spiro atoms. The van der Waals surface area contributed by atoms with Crippen LogP contribution in [0.4, 0.5) is 0 Å². The van der Waals surface area contributed by atoms with Crippen LogP contribution < -0.4 is 4.72 Å². The van der Waals surface area contributed by atoms with Crippen molar-refractivity contribution in [3.8, 4) is 0 Å². The van der Waals surface area contributed by atoms with Gasteiger partial charge in [0.15, 0.2) is 0 Å². The van der Waals surface area contributed by atoms with E-state index in [4.69, 9.17) is 4.52 Å². The van der Waals surface area contributed by atoms with Crippen LogP contribution in [0.5, 0.6) is 0 Å². The summed E-state index contributed by atoms with van der Waals surface area (Å²) in [5.41, 5.74) is -1.82. The first-order chi connectivity index (χ1) is 7.93. The summed E-state index contributed by atoms with van der Waals surface area (Å²) < 4.78 is 31.2. The number of rotatable bonds is 5. The first kappa shape index (κ1) is 15.1. The molecule has 0 aliphatic heterocycles. The van der Waals surface area contributed by atoms with E-state index in [-0.39, 0.29) is 5.75 Å². The van der Waals surface area contributed by atoms with E-state index >= 15 is 0 Å². The molecule has 0 atom stereocenters. The van der Waals surface area contributed by atoms with Crippen LogP contribution >= 0.6 is 0 Å². The van der Waals surface area contributed by atoms with E-state index in [0.717, 1.165) is 0 Å². The molecule has 1 aromatic heterocycles. The van der Waals surface area contributed by atoms with Gasteiger partial charge in [0.2, 0.25) is 10.0 Å². The summed E-state index contributed by atoms with van der Waals surface area (Å²) >= 11 is 0. The Morgan fingerprint density at radius 1 is 1.39 bits per heavy atom. The van der Waals surface area contributed by atoms with Crippen molar-refractivity contribution in [2.45, 2.75) is 51.5 Å². The zero-order valence-corrected chi connectivity index (χ0v) is 12.1. The maximum atomic E-state index is 12.0. The van der Waals surface area contributed by atoms with Gasteiger partial charge in [0, 0.05) is 6.07 Å². The summed E-state index contributed by atoms with van der Waals surface area (Å²) in [6.45, 7) is 8.04. The van der Waals surface area contributed by atoms with E-state index in [1.165, 1.54) is 0 Å². The summed E-state index contributed by atoms with van der Waals surface area (Å²) in [6.07, 6.45) is 0. The quantitative estimate of drug-likeness (QED) is 0.835. The Kier molecular flexibility index (Phi) is 3.90. The molecule has 0 amide bonds. The normalized spacial score (nSPS) is 13.9. The molecule has 0 aliphatic rings. The predicted molar refractivity (Wildman–Crippen MR) is 67.4 cm³/mol. The molecule has 0 bridgehead atoms. The van der Waals surface area contributed by atoms with E-state index in [1.807, 2.05) is 0 Å². The van der Waals surface area contributed by atoms with Crippen LogP contribution in [0.15, 0.2) is 10.6 Å². The second-order valence-corrected chi connectivity index (χ2v) is 7.20. The maximum absolute atomic E-state index is 12.0. The third-order valence-electron chi connectivity index (χ3n) is 2.95. The monoisotopic (exact) mass is 276 g/mol. The minimum absolute atomic E-state index is 0.274. The van der Waals surface area contributed by atoms with Crippen LogP contribution in [-0.4, -0.2) is 29.8 Å². The number of nitrogens with zero attached hydrogens (tertiary/aromatic N) is 1. The standard InChI is InChI=1S/C11H20N2O4S/c1-8-6-9(12-17-8)7-18(15,16)13-10(2,3)11(4,5)14/h6,13-14H,7H2,1-5H3. The SMILES string of the molecule is Cc1cc(CS(=O)(=O)NC(C)(C)C(C)(C)O)no1. The van der Waals surface area contributed by atoms with E-state index in [9.17, 15) is 13.5 Å². The van der Waals surface area contributed by atoms with E-state index < -0.39 is 21.2 Å². The summed E-state index contributed by atoms with van der Waals surface area (Å²) in [4.78, 5) is 0. The van der Waals surface area contributed by atoms with Crippen molar-refractivity contribution in [1.82, 2.24) is 9.88 Å². The van der Waals surface area contributed by atoms with E-state index in [0.29, 0.717) is 11.5 Å². The molecule has 0 aliphatic carbocycles. The highest BCUT2D eigenvalue weighted by Gasteiger charge is 2.38. The molecule has 0 unspecified atom stereocenters.